The second kappa shape index (κ2) is 6.39. The second-order valence-corrected chi connectivity index (χ2v) is 7.57. The van der Waals surface area contributed by atoms with E-state index in [9.17, 15) is 16.8 Å². The maximum absolute atomic E-state index is 11.4. The van der Waals surface area contributed by atoms with E-state index in [2.05, 4.69) is 10.0 Å². The molecule has 114 valence electrons. The highest BCUT2D eigenvalue weighted by Crippen LogP contribution is 2.19. The van der Waals surface area contributed by atoms with Gasteiger partial charge in [-0.15, -0.1) is 0 Å². The molecule has 20 heavy (non-hydrogen) atoms. The summed E-state index contributed by atoms with van der Waals surface area (Å²) in [5, 5.41) is 7.81. The third-order valence-corrected chi connectivity index (χ3v) is 4.68. The minimum atomic E-state index is -3.86. The highest BCUT2D eigenvalue weighted by Gasteiger charge is 2.11. The Morgan fingerprint density at radius 2 is 1.80 bits per heavy atom. The van der Waals surface area contributed by atoms with Crippen molar-refractivity contribution in [2.75, 3.05) is 29.9 Å². The van der Waals surface area contributed by atoms with Crippen molar-refractivity contribution in [1.82, 2.24) is 4.72 Å². The van der Waals surface area contributed by atoms with Crippen LogP contribution in [0, 0.1) is 0 Å². The Kier molecular flexibility index (Phi) is 5.34. The van der Waals surface area contributed by atoms with Crippen LogP contribution in [0.15, 0.2) is 23.1 Å². The van der Waals surface area contributed by atoms with Gasteiger partial charge in [-0.05, 0) is 18.2 Å². The lowest BCUT2D eigenvalue weighted by molar-refractivity contribution is 0.584. The third-order valence-electron chi connectivity index (χ3n) is 2.32. The van der Waals surface area contributed by atoms with Gasteiger partial charge in [0.15, 0.2) is 0 Å². The minimum Gasteiger partial charge on any atom is -0.399 e. The predicted molar refractivity (Wildman–Crippen MR) is 78.2 cm³/mol. The number of anilines is 2. The summed E-state index contributed by atoms with van der Waals surface area (Å²) in [5.74, 6) is -0.139. The quantitative estimate of drug-likeness (QED) is 0.487. The second-order valence-electron chi connectivity index (χ2n) is 4.08. The maximum Gasteiger partial charge on any atom is 0.238 e. The zero-order valence-electron chi connectivity index (χ0n) is 11.0. The van der Waals surface area contributed by atoms with E-state index in [0.29, 0.717) is 12.2 Å². The number of rotatable bonds is 7. The van der Waals surface area contributed by atoms with E-state index in [-0.39, 0.29) is 22.9 Å². The van der Waals surface area contributed by atoms with Crippen molar-refractivity contribution < 1.29 is 16.8 Å². The fourth-order valence-electron chi connectivity index (χ4n) is 1.51. The van der Waals surface area contributed by atoms with E-state index in [0.717, 1.165) is 0 Å². The zero-order valence-corrected chi connectivity index (χ0v) is 12.6. The lowest BCUT2D eigenvalue weighted by Crippen LogP contribution is -2.29. The van der Waals surface area contributed by atoms with E-state index in [1.165, 1.54) is 18.2 Å². The van der Waals surface area contributed by atoms with Gasteiger partial charge >= 0.3 is 0 Å². The smallest absolute Gasteiger partial charge is 0.238 e. The van der Waals surface area contributed by atoms with Crippen LogP contribution in [-0.2, 0) is 20.0 Å². The van der Waals surface area contributed by atoms with Crippen LogP contribution in [-0.4, -0.2) is 35.7 Å². The summed E-state index contributed by atoms with van der Waals surface area (Å²) in [4.78, 5) is -0.130. The molecule has 0 aliphatic rings. The molecular formula is C10H18N4O4S2. The molecule has 0 bridgehead atoms. The molecule has 0 atom stereocenters. The Morgan fingerprint density at radius 1 is 1.15 bits per heavy atom. The summed E-state index contributed by atoms with van der Waals surface area (Å²) in [5.41, 5.74) is 6.18. The minimum absolute atomic E-state index is 0.114. The van der Waals surface area contributed by atoms with Gasteiger partial charge in [0.05, 0.1) is 10.6 Å². The van der Waals surface area contributed by atoms with Gasteiger partial charge in [-0.25, -0.2) is 26.7 Å². The van der Waals surface area contributed by atoms with Gasteiger partial charge in [0, 0.05) is 24.5 Å². The van der Waals surface area contributed by atoms with Crippen molar-refractivity contribution in [3.63, 3.8) is 0 Å². The van der Waals surface area contributed by atoms with Gasteiger partial charge < -0.3 is 11.1 Å². The number of sulfonamides is 2. The summed E-state index contributed by atoms with van der Waals surface area (Å²) in [6, 6.07) is 4.02. The number of hydrogen-bond acceptors (Lipinski definition) is 6. The number of benzene rings is 1. The molecule has 0 amide bonds. The Morgan fingerprint density at radius 3 is 2.35 bits per heavy atom. The Bertz CT molecular complexity index is 670. The summed E-state index contributed by atoms with van der Waals surface area (Å²) in [7, 11) is -7.20. The largest absolute Gasteiger partial charge is 0.399 e. The molecule has 0 unspecified atom stereocenters. The fraction of sp³-hybridized carbons (Fsp3) is 0.400. The molecule has 0 saturated heterocycles. The SMILES string of the molecule is CCNS(=O)(=O)CCNc1cc(N)cc(S(N)(=O)=O)c1. The van der Waals surface area contributed by atoms with Gasteiger partial charge in [0.25, 0.3) is 0 Å². The van der Waals surface area contributed by atoms with Gasteiger partial charge in [0.2, 0.25) is 20.0 Å². The molecule has 1 aromatic rings. The van der Waals surface area contributed by atoms with Gasteiger partial charge in [0.1, 0.15) is 0 Å². The number of nitrogen functional groups attached to an aromatic ring is 1. The topological polar surface area (TPSA) is 144 Å². The Balaban J connectivity index is 2.77. The van der Waals surface area contributed by atoms with Crippen molar-refractivity contribution in [2.24, 2.45) is 5.14 Å². The van der Waals surface area contributed by atoms with Crippen LogP contribution >= 0.6 is 0 Å². The van der Waals surface area contributed by atoms with Crippen LogP contribution in [0.5, 0.6) is 0 Å². The average Bonchev–Trinajstić information content (AvgIpc) is 2.26. The van der Waals surface area contributed by atoms with E-state index < -0.39 is 20.0 Å². The molecule has 0 fully saturated rings. The number of primary sulfonamides is 1. The first kappa shape index (κ1) is 16.7. The maximum atomic E-state index is 11.4. The van der Waals surface area contributed by atoms with E-state index in [4.69, 9.17) is 10.9 Å². The van der Waals surface area contributed by atoms with E-state index in [1.54, 1.807) is 6.92 Å². The molecule has 0 aliphatic heterocycles. The van der Waals surface area contributed by atoms with Crippen LogP contribution in [0.4, 0.5) is 11.4 Å². The third kappa shape index (κ3) is 5.33. The summed E-state index contributed by atoms with van der Waals surface area (Å²) < 4.78 is 47.7. The van der Waals surface area contributed by atoms with Crippen LogP contribution < -0.4 is 20.9 Å². The molecule has 6 N–H and O–H groups in total. The molecule has 0 aromatic heterocycles. The van der Waals surface area contributed by atoms with Gasteiger partial charge in [-0.2, -0.15) is 0 Å². The molecule has 1 aromatic carbocycles. The van der Waals surface area contributed by atoms with Crippen molar-refractivity contribution in [1.29, 1.82) is 0 Å². The lowest BCUT2D eigenvalue weighted by atomic mass is 10.3. The van der Waals surface area contributed by atoms with E-state index in [1.807, 2.05) is 0 Å². The number of nitrogens with one attached hydrogen (secondary N) is 2. The van der Waals surface area contributed by atoms with Gasteiger partial charge in [-0.1, -0.05) is 6.92 Å². The first-order valence-electron chi connectivity index (χ1n) is 5.78. The van der Waals surface area contributed by atoms with Crippen LogP contribution in [0.25, 0.3) is 0 Å². The molecule has 0 saturated carbocycles. The standard InChI is InChI=1S/C10H18N4O4S2/c1-2-14-19(15,16)4-3-13-9-5-8(11)6-10(7-9)20(12,17)18/h5-7,13-14H,2-4,11H2,1H3,(H2,12,17,18). The molecule has 10 heteroatoms. The zero-order chi connectivity index (χ0) is 15.4. The normalized spacial score (nSPS) is 12.3. The number of hydrogen-bond donors (Lipinski definition) is 4. The number of nitrogens with two attached hydrogens (primary N) is 2. The highest BCUT2D eigenvalue weighted by atomic mass is 32.2. The van der Waals surface area contributed by atoms with E-state index >= 15 is 0 Å². The molecule has 0 heterocycles. The summed E-state index contributed by atoms with van der Waals surface area (Å²) >= 11 is 0. The Labute approximate surface area is 118 Å². The molecule has 0 spiro atoms. The monoisotopic (exact) mass is 322 g/mol. The summed E-state index contributed by atoms with van der Waals surface area (Å²) in [6.45, 7) is 2.11. The average molecular weight is 322 g/mol. The lowest BCUT2D eigenvalue weighted by Gasteiger charge is -2.10. The first-order valence-corrected chi connectivity index (χ1v) is 8.98. The van der Waals surface area contributed by atoms with Crippen molar-refractivity contribution in [3.8, 4) is 0 Å². The summed E-state index contributed by atoms with van der Waals surface area (Å²) in [6.07, 6.45) is 0. The predicted octanol–water partition coefficient (Wildman–Crippen LogP) is -0.733. The molecular weight excluding hydrogens is 304 g/mol. The van der Waals surface area contributed by atoms with Crippen molar-refractivity contribution in [3.05, 3.63) is 18.2 Å². The molecule has 8 nitrogen and oxygen atoms in total. The van der Waals surface area contributed by atoms with Crippen molar-refractivity contribution >= 4 is 31.4 Å². The van der Waals surface area contributed by atoms with Gasteiger partial charge in [-0.3, -0.25) is 0 Å². The molecule has 1 rings (SSSR count). The van der Waals surface area contributed by atoms with Crippen LogP contribution in [0.3, 0.4) is 0 Å². The first-order chi connectivity index (χ1) is 9.14. The Hall–Kier alpha value is -1.36. The molecule has 0 aliphatic carbocycles. The van der Waals surface area contributed by atoms with Crippen LogP contribution in [0.2, 0.25) is 0 Å². The highest BCUT2D eigenvalue weighted by molar-refractivity contribution is 7.89. The van der Waals surface area contributed by atoms with Crippen molar-refractivity contribution in [2.45, 2.75) is 11.8 Å². The fourth-order valence-corrected chi connectivity index (χ4v) is 3.06. The van der Waals surface area contributed by atoms with Crippen LogP contribution in [0.1, 0.15) is 6.92 Å². The molecule has 0 radical (unpaired) electrons.